The standard InChI is InChI=1S/C23H27N3O7/c1-4-10-31-12-13-33-23(28)20-16(3)25-15(2)19(22(27)32-11-6-9-24)21(20)17-7-5-8-18(14-17)26(29)30/h5,7-8,14,20-21H,4,6,10-13H2,1-3H3. The number of carbonyl (C=O) groups is 2. The van der Waals surface area contributed by atoms with Crippen LogP contribution in [0, 0.1) is 27.4 Å². The monoisotopic (exact) mass is 457 g/mol. The van der Waals surface area contributed by atoms with E-state index in [4.69, 9.17) is 19.5 Å². The SMILES string of the molecule is CCCOCCOC(=O)C1C(C)=NC(C)=C(C(=O)OCCC#N)C1c1cccc([N+](=O)[O-])c1. The van der Waals surface area contributed by atoms with Gasteiger partial charge in [-0.2, -0.15) is 5.26 Å². The van der Waals surface area contributed by atoms with E-state index in [1.165, 1.54) is 18.2 Å². The molecule has 10 nitrogen and oxygen atoms in total. The number of rotatable bonds is 11. The second kappa shape index (κ2) is 12.5. The zero-order valence-electron chi connectivity index (χ0n) is 18.9. The summed E-state index contributed by atoms with van der Waals surface area (Å²) in [5.41, 5.74) is 1.05. The first-order valence-electron chi connectivity index (χ1n) is 10.6. The molecule has 0 fully saturated rings. The Morgan fingerprint density at radius 2 is 1.94 bits per heavy atom. The molecule has 0 saturated heterocycles. The van der Waals surface area contributed by atoms with Crippen LogP contribution in [0.25, 0.3) is 0 Å². The highest BCUT2D eigenvalue weighted by Crippen LogP contribution is 2.41. The predicted molar refractivity (Wildman–Crippen MR) is 118 cm³/mol. The van der Waals surface area contributed by atoms with Gasteiger partial charge in [-0.3, -0.25) is 19.9 Å². The Bertz CT molecular complexity index is 994. The van der Waals surface area contributed by atoms with E-state index in [0.717, 1.165) is 6.42 Å². The highest BCUT2D eigenvalue weighted by atomic mass is 16.6. The van der Waals surface area contributed by atoms with Gasteiger partial charge in [-0.25, -0.2) is 4.79 Å². The average Bonchev–Trinajstić information content (AvgIpc) is 2.78. The summed E-state index contributed by atoms with van der Waals surface area (Å²) in [6.07, 6.45) is 0.837. The third kappa shape index (κ3) is 6.70. The zero-order chi connectivity index (χ0) is 24.4. The smallest absolute Gasteiger partial charge is 0.336 e. The summed E-state index contributed by atoms with van der Waals surface area (Å²) in [6, 6.07) is 7.64. The number of non-ortho nitro benzene ring substituents is 1. The van der Waals surface area contributed by atoms with Crippen LogP contribution in [0.4, 0.5) is 5.69 Å². The number of hydrogen-bond donors (Lipinski definition) is 0. The van der Waals surface area contributed by atoms with E-state index >= 15 is 0 Å². The first kappa shape index (κ1) is 25.7. The lowest BCUT2D eigenvalue weighted by Gasteiger charge is -2.31. The van der Waals surface area contributed by atoms with Crippen molar-refractivity contribution >= 4 is 23.3 Å². The van der Waals surface area contributed by atoms with Gasteiger partial charge in [-0.1, -0.05) is 19.1 Å². The molecule has 0 saturated carbocycles. The van der Waals surface area contributed by atoms with Crippen molar-refractivity contribution in [1.82, 2.24) is 0 Å². The van der Waals surface area contributed by atoms with E-state index in [9.17, 15) is 19.7 Å². The molecule has 0 radical (unpaired) electrons. The maximum absolute atomic E-state index is 13.1. The summed E-state index contributed by atoms with van der Waals surface area (Å²) in [6.45, 7) is 5.87. The molecule has 0 bridgehead atoms. The van der Waals surface area contributed by atoms with Crippen molar-refractivity contribution in [3.05, 3.63) is 51.2 Å². The van der Waals surface area contributed by atoms with Crippen molar-refractivity contribution in [2.45, 2.75) is 39.5 Å². The number of nitro groups is 1. The van der Waals surface area contributed by atoms with Crippen LogP contribution in [0.5, 0.6) is 0 Å². The first-order valence-corrected chi connectivity index (χ1v) is 10.6. The van der Waals surface area contributed by atoms with Gasteiger partial charge in [0, 0.05) is 36.1 Å². The maximum Gasteiger partial charge on any atom is 0.336 e. The normalized spacial score (nSPS) is 17.7. The van der Waals surface area contributed by atoms with Crippen LogP contribution in [0.3, 0.4) is 0 Å². The molecular weight excluding hydrogens is 430 g/mol. The van der Waals surface area contributed by atoms with Gasteiger partial charge >= 0.3 is 11.9 Å². The Hall–Kier alpha value is -3.58. The van der Waals surface area contributed by atoms with Gasteiger partial charge < -0.3 is 14.2 Å². The van der Waals surface area contributed by atoms with E-state index in [2.05, 4.69) is 4.99 Å². The van der Waals surface area contributed by atoms with Gasteiger partial charge in [0.2, 0.25) is 0 Å². The fraction of sp³-hybridized carbons (Fsp3) is 0.478. The molecule has 2 atom stereocenters. The third-order valence-electron chi connectivity index (χ3n) is 5.01. The Kier molecular flexibility index (Phi) is 9.69. The van der Waals surface area contributed by atoms with Crippen molar-refractivity contribution in [1.29, 1.82) is 5.26 Å². The zero-order valence-corrected chi connectivity index (χ0v) is 18.9. The number of benzene rings is 1. The van der Waals surface area contributed by atoms with E-state index in [-0.39, 0.29) is 37.5 Å². The van der Waals surface area contributed by atoms with Crippen molar-refractivity contribution in [3.63, 3.8) is 0 Å². The lowest BCUT2D eigenvalue weighted by molar-refractivity contribution is -0.384. The molecule has 1 aromatic carbocycles. The highest BCUT2D eigenvalue weighted by molar-refractivity contribution is 6.07. The van der Waals surface area contributed by atoms with Crippen molar-refractivity contribution in [2.24, 2.45) is 10.9 Å². The Morgan fingerprint density at radius 1 is 1.18 bits per heavy atom. The van der Waals surface area contributed by atoms with Crippen LogP contribution < -0.4 is 0 Å². The fourth-order valence-corrected chi connectivity index (χ4v) is 3.60. The van der Waals surface area contributed by atoms with Gasteiger partial charge in [0.15, 0.2) is 0 Å². The summed E-state index contributed by atoms with van der Waals surface area (Å²) >= 11 is 0. The van der Waals surface area contributed by atoms with Crippen LogP contribution in [-0.2, 0) is 23.8 Å². The number of ether oxygens (including phenoxy) is 3. The molecule has 2 rings (SSSR count). The fourth-order valence-electron chi connectivity index (χ4n) is 3.60. The molecule has 0 aromatic heterocycles. The Balaban J connectivity index is 2.44. The minimum atomic E-state index is -0.986. The maximum atomic E-state index is 13.1. The summed E-state index contributed by atoms with van der Waals surface area (Å²) in [5, 5.41) is 20.1. The summed E-state index contributed by atoms with van der Waals surface area (Å²) in [7, 11) is 0. The number of nitrogens with zero attached hydrogens (tertiary/aromatic N) is 3. The lowest BCUT2D eigenvalue weighted by atomic mass is 9.75. The van der Waals surface area contributed by atoms with Crippen LogP contribution in [-0.4, -0.2) is 49.0 Å². The van der Waals surface area contributed by atoms with Crippen LogP contribution in [0.15, 0.2) is 40.5 Å². The quantitative estimate of drug-likeness (QED) is 0.213. The molecule has 2 unspecified atom stereocenters. The number of carbonyl (C=O) groups excluding carboxylic acids is 2. The molecular formula is C23H27N3O7. The lowest BCUT2D eigenvalue weighted by Crippen LogP contribution is -2.37. The van der Waals surface area contributed by atoms with Gasteiger partial charge in [-0.05, 0) is 25.8 Å². The van der Waals surface area contributed by atoms with E-state index in [1.807, 2.05) is 13.0 Å². The second-order valence-corrected chi connectivity index (χ2v) is 7.38. The van der Waals surface area contributed by atoms with Crippen molar-refractivity contribution in [3.8, 4) is 6.07 Å². The number of nitriles is 1. The van der Waals surface area contributed by atoms with E-state index in [1.54, 1.807) is 19.9 Å². The summed E-state index contributed by atoms with van der Waals surface area (Å²) in [5.74, 6) is -3.25. The first-order chi connectivity index (χ1) is 15.8. The molecule has 1 aromatic rings. The molecule has 33 heavy (non-hydrogen) atoms. The number of allylic oxidation sites excluding steroid dienone is 1. The molecule has 0 aliphatic carbocycles. The molecule has 0 spiro atoms. The van der Waals surface area contributed by atoms with Gasteiger partial charge in [0.05, 0.1) is 29.6 Å². The van der Waals surface area contributed by atoms with Crippen LogP contribution in [0.2, 0.25) is 0 Å². The number of hydrogen-bond acceptors (Lipinski definition) is 9. The van der Waals surface area contributed by atoms with Crippen molar-refractivity contribution < 1.29 is 28.7 Å². The molecule has 0 amide bonds. The number of nitro benzene ring substituents is 1. The number of aliphatic imine (C=N–C) groups is 1. The summed E-state index contributed by atoms with van der Waals surface area (Å²) < 4.78 is 15.9. The minimum Gasteiger partial charge on any atom is -0.463 e. The third-order valence-corrected chi connectivity index (χ3v) is 5.01. The van der Waals surface area contributed by atoms with Gasteiger partial charge in [0.1, 0.15) is 19.1 Å². The Labute approximate surface area is 192 Å². The highest BCUT2D eigenvalue weighted by Gasteiger charge is 2.42. The molecule has 176 valence electrons. The molecule has 10 heteroatoms. The van der Waals surface area contributed by atoms with Crippen LogP contribution in [0.1, 0.15) is 45.1 Å². The van der Waals surface area contributed by atoms with Crippen LogP contribution >= 0.6 is 0 Å². The molecule has 1 aliphatic rings. The second-order valence-electron chi connectivity index (χ2n) is 7.38. The predicted octanol–water partition coefficient (Wildman–Crippen LogP) is 3.47. The van der Waals surface area contributed by atoms with Gasteiger partial charge in [0.25, 0.3) is 5.69 Å². The minimum absolute atomic E-state index is 0.00503. The molecule has 1 heterocycles. The topological polar surface area (TPSA) is 141 Å². The molecule has 0 N–H and O–H groups in total. The van der Waals surface area contributed by atoms with E-state index < -0.39 is 28.7 Å². The number of esters is 2. The molecule has 1 aliphatic heterocycles. The largest absolute Gasteiger partial charge is 0.463 e. The van der Waals surface area contributed by atoms with Crippen molar-refractivity contribution in [2.75, 3.05) is 26.4 Å². The summed E-state index contributed by atoms with van der Waals surface area (Å²) in [4.78, 5) is 41.2. The Morgan fingerprint density at radius 3 is 2.61 bits per heavy atom. The van der Waals surface area contributed by atoms with Gasteiger partial charge in [-0.15, -0.1) is 0 Å². The average molecular weight is 457 g/mol. The van der Waals surface area contributed by atoms with E-state index in [0.29, 0.717) is 23.6 Å².